The second-order valence-electron chi connectivity index (χ2n) is 3.47. The summed E-state index contributed by atoms with van der Waals surface area (Å²) in [5.74, 6) is 0.940. The number of nitrogens with one attached hydrogen (secondary N) is 1. The summed E-state index contributed by atoms with van der Waals surface area (Å²) in [6.07, 6.45) is -0.391. The Morgan fingerprint density at radius 3 is 2.80 bits per heavy atom. The Kier molecular flexibility index (Phi) is 4.39. The van der Waals surface area contributed by atoms with E-state index < -0.39 is 6.10 Å². The van der Waals surface area contributed by atoms with Crippen molar-refractivity contribution in [3.8, 4) is 11.5 Å². The van der Waals surface area contributed by atoms with E-state index in [1.54, 1.807) is 32.2 Å². The summed E-state index contributed by atoms with van der Waals surface area (Å²) >= 11 is 0. The lowest BCUT2D eigenvalue weighted by molar-refractivity contribution is 0.191. The molecule has 84 valence electrons. The van der Waals surface area contributed by atoms with Gasteiger partial charge in [0.15, 0.2) is 0 Å². The fraction of sp³-hybridized carbons (Fsp3) is 0.455. The molecule has 0 aliphatic rings. The zero-order chi connectivity index (χ0) is 11.3. The number of aliphatic hydroxyl groups excluding tert-OH is 1. The van der Waals surface area contributed by atoms with Gasteiger partial charge in [0, 0.05) is 18.7 Å². The van der Waals surface area contributed by atoms with Crippen molar-refractivity contribution in [1.82, 2.24) is 5.32 Å². The van der Waals surface area contributed by atoms with Crippen molar-refractivity contribution < 1.29 is 14.9 Å². The van der Waals surface area contributed by atoms with Gasteiger partial charge in [0.05, 0.1) is 13.2 Å². The lowest BCUT2D eigenvalue weighted by Crippen LogP contribution is -2.23. The van der Waals surface area contributed by atoms with Gasteiger partial charge in [0.1, 0.15) is 11.5 Å². The van der Waals surface area contributed by atoms with Gasteiger partial charge >= 0.3 is 0 Å². The molecule has 1 rings (SSSR count). The third kappa shape index (κ3) is 3.77. The molecule has 15 heavy (non-hydrogen) atoms. The first-order valence-corrected chi connectivity index (χ1v) is 4.88. The first-order chi connectivity index (χ1) is 7.13. The van der Waals surface area contributed by atoms with Crippen LogP contribution in [0, 0.1) is 0 Å². The largest absolute Gasteiger partial charge is 0.508 e. The topological polar surface area (TPSA) is 61.7 Å². The highest BCUT2D eigenvalue weighted by Gasteiger charge is 2.03. The first kappa shape index (κ1) is 11.8. The van der Waals surface area contributed by atoms with Crippen molar-refractivity contribution in [3.05, 3.63) is 23.8 Å². The van der Waals surface area contributed by atoms with Gasteiger partial charge in [0.25, 0.3) is 0 Å². The second kappa shape index (κ2) is 5.58. The predicted molar refractivity (Wildman–Crippen MR) is 58.0 cm³/mol. The molecular weight excluding hydrogens is 194 g/mol. The van der Waals surface area contributed by atoms with Crippen LogP contribution in [0.4, 0.5) is 0 Å². The molecule has 0 amide bonds. The standard InChI is InChI=1S/C11H17NO3/c1-8(13)6-12-7-9-5-10(15-2)3-4-11(9)14/h3-5,8,12-14H,6-7H2,1-2H3. The van der Waals surface area contributed by atoms with Gasteiger partial charge in [-0.3, -0.25) is 0 Å². The maximum Gasteiger partial charge on any atom is 0.120 e. The van der Waals surface area contributed by atoms with E-state index in [0.717, 1.165) is 5.56 Å². The number of aliphatic hydroxyl groups is 1. The van der Waals surface area contributed by atoms with E-state index >= 15 is 0 Å². The summed E-state index contributed by atoms with van der Waals surface area (Å²) in [5.41, 5.74) is 0.759. The Morgan fingerprint density at radius 2 is 2.20 bits per heavy atom. The van der Waals surface area contributed by atoms with Crippen LogP contribution in [-0.2, 0) is 6.54 Å². The SMILES string of the molecule is COc1ccc(O)c(CNCC(C)O)c1. The monoisotopic (exact) mass is 211 g/mol. The van der Waals surface area contributed by atoms with Gasteiger partial charge in [-0.05, 0) is 25.1 Å². The normalized spacial score (nSPS) is 12.5. The zero-order valence-corrected chi connectivity index (χ0v) is 9.03. The number of ether oxygens (including phenoxy) is 1. The summed E-state index contributed by atoms with van der Waals surface area (Å²) in [6.45, 7) is 2.71. The number of hydrogen-bond donors (Lipinski definition) is 3. The minimum Gasteiger partial charge on any atom is -0.508 e. The average Bonchev–Trinajstić information content (AvgIpc) is 2.20. The van der Waals surface area contributed by atoms with Crippen LogP contribution < -0.4 is 10.1 Å². The quantitative estimate of drug-likeness (QED) is 0.676. The number of aromatic hydroxyl groups is 1. The number of methoxy groups -OCH3 is 1. The average molecular weight is 211 g/mol. The van der Waals surface area contributed by atoms with Crippen LogP contribution >= 0.6 is 0 Å². The van der Waals surface area contributed by atoms with Crippen LogP contribution in [0.1, 0.15) is 12.5 Å². The maximum absolute atomic E-state index is 9.54. The van der Waals surface area contributed by atoms with E-state index in [-0.39, 0.29) is 5.75 Å². The van der Waals surface area contributed by atoms with Crippen molar-refractivity contribution in [2.45, 2.75) is 19.6 Å². The number of phenolic OH excluding ortho intramolecular Hbond substituents is 1. The molecule has 0 saturated carbocycles. The van der Waals surface area contributed by atoms with Crippen LogP contribution in [0.3, 0.4) is 0 Å². The molecule has 1 aromatic rings. The molecule has 1 atom stereocenters. The maximum atomic E-state index is 9.54. The number of phenols is 1. The summed E-state index contributed by atoms with van der Waals surface area (Å²) in [6, 6.07) is 5.07. The third-order valence-electron chi connectivity index (χ3n) is 2.04. The minimum atomic E-state index is -0.391. The highest BCUT2D eigenvalue weighted by molar-refractivity contribution is 5.39. The van der Waals surface area contributed by atoms with E-state index in [9.17, 15) is 5.11 Å². The van der Waals surface area contributed by atoms with E-state index in [1.165, 1.54) is 0 Å². The lowest BCUT2D eigenvalue weighted by Gasteiger charge is -2.09. The Labute approximate surface area is 89.5 Å². The molecule has 0 bridgehead atoms. The Morgan fingerprint density at radius 1 is 1.47 bits per heavy atom. The fourth-order valence-electron chi connectivity index (χ4n) is 1.25. The predicted octanol–water partition coefficient (Wildman–Crippen LogP) is 0.871. The van der Waals surface area contributed by atoms with E-state index in [0.29, 0.717) is 18.8 Å². The smallest absolute Gasteiger partial charge is 0.120 e. The van der Waals surface area contributed by atoms with Crippen molar-refractivity contribution in [3.63, 3.8) is 0 Å². The number of benzene rings is 1. The van der Waals surface area contributed by atoms with Crippen LogP contribution in [0.2, 0.25) is 0 Å². The van der Waals surface area contributed by atoms with Gasteiger partial charge in [-0.25, -0.2) is 0 Å². The van der Waals surface area contributed by atoms with E-state index in [4.69, 9.17) is 9.84 Å². The molecular formula is C11H17NO3. The number of hydrogen-bond acceptors (Lipinski definition) is 4. The Balaban J connectivity index is 2.59. The fourth-order valence-corrected chi connectivity index (χ4v) is 1.25. The first-order valence-electron chi connectivity index (χ1n) is 4.88. The van der Waals surface area contributed by atoms with Gasteiger partial charge < -0.3 is 20.3 Å². The van der Waals surface area contributed by atoms with Gasteiger partial charge in [-0.15, -0.1) is 0 Å². The molecule has 4 heteroatoms. The summed E-state index contributed by atoms with van der Waals surface area (Å²) in [5, 5.41) is 21.6. The Hall–Kier alpha value is -1.26. The molecule has 1 unspecified atom stereocenters. The molecule has 0 heterocycles. The molecule has 0 fully saturated rings. The van der Waals surface area contributed by atoms with E-state index in [2.05, 4.69) is 5.32 Å². The molecule has 0 spiro atoms. The van der Waals surface area contributed by atoms with Crippen molar-refractivity contribution in [2.24, 2.45) is 0 Å². The minimum absolute atomic E-state index is 0.230. The van der Waals surface area contributed by atoms with E-state index in [1.807, 2.05) is 0 Å². The second-order valence-corrected chi connectivity index (χ2v) is 3.47. The van der Waals surface area contributed by atoms with Gasteiger partial charge in [-0.2, -0.15) is 0 Å². The van der Waals surface area contributed by atoms with Crippen LogP contribution in [0.5, 0.6) is 11.5 Å². The lowest BCUT2D eigenvalue weighted by atomic mass is 10.2. The summed E-state index contributed by atoms with van der Waals surface area (Å²) < 4.78 is 5.05. The summed E-state index contributed by atoms with van der Waals surface area (Å²) in [7, 11) is 1.58. The molecule has 3 N–H and O–H groups in total. The molecule has 1 aromatic carbocycles. The number of rotatable bonds is 5. The zero-order valence-electron chi connectivity index (χ0n) is 9.03. The van der Waals surface area contributed by atoms with Gasteiger partial charge in [-0.1, -0.05) is 0 Å². The van der Waals surface area contributed by atoms with Crippen LogP contribution in [0.25, 0.3) is 0 Å². The molecule has 0 aliphatic carbocycles. The highest BCUT2D eigenvalue weighted by atomic mass is 16.5. The highest BCUT2D eigenvalue weighted by Crippen LogP contribution is 2.22. The molecule has 0 saturated heterocycles. The molecule has 4 nitrogen and oxygen atoms in total. The molecule has 0 radical (unpaired) electrons. The molecule has 0 aromatic heterocycles. The van der Waals surface area contributed by atoms with Crippen LogP contribution in [0.15, 0.2) is 18.2 Å². The third-order valence-corrected chi connectivity index (χ3v) is 2.04. The summed E-state index contributed by atoms with van der Waals surface area (Å²) in [4.78, 5) is 0. The van der Waals surface area contributed by atoms with Crippen molar-refractivity contribution >= 4 is 0 Å². The molecule has 0 aliphatic heterocycles. The Bertz CT molecular complexity index is 313. The van der Waals surface area contributed by atoms with Gasteiger partial charge in [0.2, 0.25) is 0 Å². The van der Waals surface area contributed by atoms with Crippen LogP contribution in [-0.4, -0.2) is 30.0 Å². The van der Waals surface area contributed by atoms with Crippen molar-refractivity contribution in [1.29, 1.82) is 0 Å². The van der Waals surface area contributed by atoms with Crippen molar-refractivity contribution in [2.75, 3.05) is 13.7 Å².